The van der Waals surface area contributed by atoms with Gasteiger partial charge in [-0.3, -0.25) is 19.2 Å². The van der Waals surface area contributed by atoms with Gasteiger partial charge in [-0.1, -0.05) is 59.6 Å². The minimum Gasteiger partial charge on any atom is -0.458 e. The summed E-state index contributed by atoms with van der Waals surface area (Å²) in [6.07, 6.45) is 1.18. The fraction of sp³-hybridized carbons (Fsp3) is 0.0385. The van der Waals surface area contributed by atoms with E-state index in [4.69, 9.17) is 27.6 Å². The highest BCUT2D eigenvalue weighted by Gasteiger charge is 2.16. The Bertz CT molecular complexity index is 1540. The smallest absolute Gasteiger partial charge is 0.329 e. The molecule has 192 valence electrons. The normalized spacial score (nSPS) is 10.8. The van der Waals surface area contributed by atoms with Gasteiger partial charge in [0.05, 0.1) is 12.8 Å². The number of benzene rings is 3. The molecule has 0 spiro atoms. The lowest BCUT2D eigenvalue weighted by Gasteiger charge is -2.07. The van der Waals surface area contributed by atoms with E-state index in [1.54, 1.807) is 18.2 Å². The topological polar surface area (TPSA) is 142 Å². The fourth-order valence-corrected chi connectivity index (χ4v) is 3.87. The van der Waals surface area contributed by atoms with Crippen LogP contribution in [-0.2, 0) is 25.7 Å². The Labute approximate surface area is 226 Å². The molecule has 1 heterocycles. The van der Waals surface area contributed by atoms with Crippen molar-refractivity contribution in [3.63, 3.8) is 0 Å². The van der Waals surface area contributed by atoms with Gasteiger partial charge >= 0.3 is 23.6 Å². The molecular formula is C26H19Cl2N5O5. The van der Waals surface area contributed by atoms with Gasteiger partial charge < -0.3 is 20.4 Å². The van der Waals surface area contributed by atoms with Gasteiger partial charge in [-0.15, -0.1) is 0 Å². The summed E-state index contributed by atoms with van der Waals surface area (Å²) < 4.78 is 5.47. The molecule has 4 N–H and O–H groups in total. The van der Waals surface area contributed by atoms with Crippen LogP contribution in [0.25, 0.3) is 10.8 Å². The summed E-state index contributed by atoms with van der Waals surface area (Å²) in [5, 5.41) is 13.4. The molecule has 0 radical (unpaired) electrons. The summed E-state index contributed by atoms with van der Waals surface area (Å²) in [6, 6.07) is 20.2. The highest BCUT2D eigenvalue weighted by atomic mass is 35.5. The van der Waals surface area contributed by atoms with Crippen LogP contribution in [0.4, 0.5) is 11.4 Å². The highest BCUT2D eigenvalue weighted by Crippen LogP contribution is 2.23. The number of carbonyl (C=O) groups is 4. The largest absolute Gasteiger partial charge is 0.458 e. The van der Waals surface area contributed by atoms with Crippen LogP contribution in [-0.4, -0.2) is 29.8 Å². The molecule has 1 aromatic heterocycles. The van der Waals surface area contributed by atoms with E-state index in [9.17, 15) is 19.2 Å². The van der Waals surface area contributed by atoms with Gasteiger partial charge in [0.15, 0.2) is 0 Å². The van der Waals surface area contributed by atoms with Gasteiger partial charge in [-0.05, 0) is 41.8 Å². The second kappa shape index (κ2) is 12.0. The second-order valence-electron chi connectivity index (χ2n) is 7.78. The van der Waals surface area contributed by atoms with Crippen LogP contribution in [0.1, 0.15) is 11.5 Å². The Balaban J connectivity index is 1.24. The van der Waals surface area contributed by atoms with Crippen molar-refractivity contribution in [3.8, 4) is 0 Å². The molecule has 0 saturated carbocycles. The van der Waals surface area contributed by atoms with Gasteiger partial charge in [0, 0.05) is 26.8 Å². The maximum Gasteiger partial charge on any atom is 0.329 e. The quantitative estimate of drug-likeness (QED) is 0.162. The average molecular weight is 552 g/mol. The van der Waals surface area contributed by atoms with Crippen LogP contribution in [0.2, 0.25) is 10.0 Å². The molecule has 3 aromatic carbocycles. The number of hydrazone groups is 1. The van der Waals surface area contributed by atoms with E-state index in [1.165, 1.54) is 30.5 Å². The lowest BCUT2D eigenvalue weighted by atomic mass is 10.1. The van der Waals surface area contributed by atoms with E-state index in [0.29, 0.717) is 21.5 Å². The van der Waals surface area contributed by atoms with Crippen LogP contribution >= 0.6 is 23.2 Å². The molecule has 10 nitrogen and oxygen atoms in total. The van der Waals surface area contributed by atoms with E-state index >= 15 is 0 Å². The van der Waals surface area contributed by atoms with Crippen molar-refractivity contribution in [2.45, 2.75) is 6.54 Å². The number of fused-ring (bicyclic) bond motifs is 1. The summed E-state index contributed by atoms with van der Waals surface area (Å²) in [4.78, 5) is 48.5. The average Bonchev–Trinajstić information content (AvgIpc) is 3.34. The van der Waals surface area contributed by atoms with E-state index in [0.717, 1.165) is 10.8 Å². The summed E-state index contributed by atoms with van der Waals surface area (Å²) in [5.41, 5.74) is 2.89. The van der Waals surface area contributed by atoms with E-state index < -0.39 is 23.6 Å². The zero-order valence-corrected chi connectivity index (χ0v) is 21.0. The number of furan rings is 1. The Morgan fingerprint density at radius 2 is 1.50 bits per heavy atom. The number of nitrogens with one attached hydrogen (secondary N) is 4. The molecule has 0 fully saturated rings. The first-order valence-corrected chi connectivity index (χ1v) is 11.8. The first-order valence-electron chi connectivity index (χ1n) is 11.0. The predicted molar refractivity (Wildman–Crippen MR) is 144 cm³/mol. The van der Waals surface area contributed by atoms with Crippen molar-refractivity contribution in [3.05, 3.63) is 94.4 Å². The van der Waals surface area contributed by atoms with E-state index in [2.05, 4.69) is 26.5 Å². The highest BCUT2D eigenvalue weighted by molar-refractivity contribution is 6.41. The Morgan fingerprint density at radius 3 is 2.29 bits per heavy atom. The second-order valence-corrected chi connectivity index (χ2v) is 8.65. The molecule has 12 heteroatoms. The number of anilines is 2. The van der Waals surface area contributed by atoms with Gasteiger partial charge in [-0.25, -0.2) is 5.43 Å². The summed E-state index contributed by atoms with van der Waals surface area (Å²) >= 11 is 11.8. The molecule has 0 unspecified atom stereocenters. The first kappa shape index (κ1) is 26.4. The molecule has 38 heavy (non-hydrogen) atoms. The number of amides is 4. The first-order chi connectivity index (χ1) is 18.3. The minimum absolute atomic E-state index is 0.0871. The van der Waals surface area contributed by atoms with Crippen LogP contribution in [0, 0.1) is 0 Å². The molecule has 0 aliphatic carbocycles. The zero-order chi connectivity index (χ0) is 27.1. The monoisotopic (exact) mass is 551 g/mol. The number of halogens is 2. The van der Waals surface area contributed by atoms with Crippen molar-refractivity contribution in [1.29, 1.82) is 0 Å². The summed E-state index contributed by atoms with van der Waals surface area (Å²) in [6.45, 7) is -0.0871. The van der Waals surface area contributed by atoms with Crippen LogP contribution in [0.5, 0.6) is 0 Å². The van der Waals surface area contributed by atoms with Crippen LogP contribution in [0.3, 0.4) is 0 Å². The van der Waals surface area contributed by atoms with Gasteiger partial charge in [0.25, 0.3) is 0 Å². The number of carbonyl (C=O) groups excluding carboxylic acids is 4. The maximum absolute atomic E-state index is 12.2. The van der Waals surface area contributed by atoms with Crippen LogP contribution < -0.4 is 21.4 Å². The Kier molecular flexibility index (Phi) is 8.37. The van der Waals surface area contributed by atoms with Crippen molar-refractivity contribution in [2.75, 3.05) is 10.6 Å². The van der Waals surface area contributed by atoms with Gasteiger partial charge in [-0.2, -0.15) is 5.10 Å². The predicted octanol–water partition coefficient (Wildman–Crippen LogP) is 4.08. The molecule has 0 aliphatic heterocycles. The number of nitrogens with zero attached hydrogens (tertiary/aromatic N) is 1. The lowest BCUT2D eigenvalue weighted by Crippen LogP contribution is -2.34. The summed E-state index contributed by atoms with van der Waals surface area (Å²) in [7, 11) is 0. The van der Waals surface area contributed by atoms with Crippen molar-refractivity contribution < 1.29 is 23.6 Å². The SMILES string of the molecule is O=C(NCc1ccc(/C=N/NC(=O)C(=O)Nc2cccc3ccccc23)o1)C(=O)Nc1cc(Cl)cc(Cl)c1. The molecule has 0 bridgehead atoms. The fourth-order valence-electron chi connectivity index (χ4n) is 3.34. The molecule has 0 atom stereocenters. The Hall–Kier alpha value is -4.67. The maximum atomic E-state index is 12.2. The molecule has 0 aliphatic rings. The van der Waals surface area contributed by atoms with Crippen molar-refractivity contribution >= 4 is 75.2 Å². The molecule has 0 saturated heterocycles. The standard InChI is InChI=1S/C26H19Cl2N5O5/c27-16-10-17(28)12-18(11-16)31-24(35)23(34)29-13-19-8-9-20(38-19)14-30-33-26(37)25(36)32-22-7-3-5-15-4-1-2-6-21(15)22/h1-12,14H,13H2,(H,29,34)(H,31,35)(H,32,36)(H,33,37)/b30-14+. The molecule has 4 rings (SSSR count). The van der Waals surface area contributed by atoms with Gasteiger partial charge in [0.1, 0.15) is 11.5 Å². The molecule has 4 aromatic rings. The van der Waals surface area contributed by atoms with Crippen LogP contribution in [0.15, 0.2) is 82.3 Å². The van der Waals surface area contributed by atoms with Crippen molar-refractivity contribution in [1.82, 2.24) is 10.7 Å². The zero-order valence-electron chi connectivity index (χ0n) is 19.5. The van der Waals surface area contributed by atoms with E-state index in [1.807, 2.05) is 30.3 Å². The third-order valence-electron chi connectivity index (χ3n) is 5.03. The molecular weight excluding hydrogens is 533 g/mol. The Morgan fingerprint density at radius 1 is 0.789 bits per heavy atom. The van der Waals surface area contributed by atoms with Gasteiger partial charge in [0.2, 0.25) is 0 Å². The number of hydrogen-bond donors (Lipinski definition) is 4. The third kappa shape index (κ3) is 6.96. The summed E-state index contributed by atoms with van der Waals surface area (Å²) in [5.74, 6) is -3.13. The number of rotatable bonds is 6. The van der Waals surface area contributed by atoms with E-state index in [-0.39, 0.29) is 18.0 Å². The lowest BCUT2D eigenvalue weighted by molar-refractivity contribution is -0.136. The molecule has 4 amide bonds. The third-order valence-corrected chi connectivity index (χ3v) is 5.47. The van der Waals surface area contributed by atoms with Crippen molar-refractivity contribution in [2.24, 2.45) is 5.10 Å². The number of hydrogen-bond acceptors (Lipinski definition) is 6. The minimum atomic E-state index is -0.972.